The fourth-order valence-corrected chi connectivity index (χ4v) is 11.0. The van der Waals surface area contributed by atoms with Gasteiger partial charge in [0.1, 0.15) is 0 Å². The van der Waals surface area contributed by atoms with Gasteiger partial charge in [-0.25, -0.2) is 34.9 Å². The Bertz CT molecular complexity index is 4560. The first-order chi connectivity index (χ1) is 42.6. The zero-order valence-electron chi connectivity index (χ0n) is 46.2. The van der Waals surface area contributed by atoms with Gasteiger partial charge < -0.3 is 4.90 Å². The number of hydrogen-bond acceptors (Lipinski definition) is 11. The van der Waals surface area contributed by atoms with E-state index in [2.05, 4.69) is 125 Å². The van der Waals surface area contributed by atoms with Crippen LogP contribution in [0.5, 0.6) is 0 Å². The van der Waals surface area contributed by atoms with Crippen LogP contribution in [0.4, 0.5) is 34.4 Å². The van der Waals surface area contributed by atoms with Crippen LogP contribution in [-0.4, -0.2) is 44.9 Å². The zero-order valence-corrected chi connectivity index (χ0v) is 46.2. The molecule has 0 unspecified atom stereocenters. The summed E-state index contributed by atoms with van der Waals surface area (Å²) >= 11 is 0. The van der Waals surface area contributed by atoms with Gasteiger partial charge in [-0.2, -0.15) is 9.97 Å². The maximum Gasteiger partial charge on any atom is 0.238 e. The Hall–Kier alpha value is -12.0. The van der Waals surface area contributed by atoms with Crippen LogP contribution in [0.25, 0.3) is 113 Å². The lowest BCUT2D eigenvalue weighted by molar-refractivity contribution is 1.01. The Morgan fingerprint density at radius 2 is 0.430 bits per heavy atom. The second-order valence-electron chi connectivity index (χ2n) is 20.6. The number of rotatable bonds is 12. The molecule has 86 heavy (non-hydrogen) atoms. The number of aromatic nitrogens is 9. The van der Waals surface area contributed by atoms with Gasteiger partial charge in [-0.05, 0) is 64.7 Å². The molecule has 0 fully saturated rings. The minimum atomic E-state index is 0.443. The average Bonchev–Trinajstić information content (AvgIpc) is 0.970. The van der Waals surface area contributed by atoms with Crippen molar-refractivity contribution in [2.24, 2.45) is 0 Å². The summed E-state index contributed by atoms with van der Waals surface area (Å²) in [6.07, 6.45) is 0. The van der Waals surface area contributed by atoms with E-state index in [0.717, 1.165) is 89.6 Å². The van der Waals surface area contributed by atoms with Gasteiger partial charge in [-0.1, -0.05) is 255 Å². The number of benzene rings is 11. The van der Waals surface area contributed by atoms with Crippen LogP contribution in [0.15, 0.2) is 297 Å². The van der Waals surface area contributed by atoms with Gasteiger partial charge in [0.05, 0.1) is 28.4 Å². The first kappa shape index (κ1) is 51.0. The SMILES string of the molecule is c1ccc(-c2nc(-c3ccccc3)nc(-c3ccc(N4c5ccccc5N(c5nc(-c6ccccc6)nc(-c6ccccc6)n5)c5cc(-c6ccccc6)c(-c6ccccc6)cc54)c(-c4nc(-c5ccccc5)nc(-c5ccccc5)n4)c3)n2)cc1. The quantitative estimate of drug-likeness (QED) is 0.116. The van der Waals surface area contributed by atoms with Crippen molar-refractivity contribution < 1.29 is 0 Å². The summed E-state index contributed by atoms with van der Waals surface area (Å²) in [5.41, 5.74) is 14.8. The van der Waals surface area contributed by atoms with Gasteiger partial charge in [0.2, 0.25) is 5.95 Å². The molecule has 0 saturated carbocycles. The van der Waals surface area contributed by atoms with E-state index in [9.17, 15) is 0 Å². The Kier molecular flexibility index (Phi) is 13.3. The molecule has 404 valence electrons. The predicted molar refractivity (Wildman–Crippen MR) is 344 cm³/mol. The average molecular weight is 1100 g/mol. The molecule has 0 aliphatic carbocycles. The van der Waals surface area contributed by atoms with Crippen LogP contribution in [0.2, 0.25) is 0 Å². The van der Waals surface area contributed by atoms with Gasteiger partial charge in [0.25, 0.3) is 0 Å². The molecule has 0 amide bonds. The molecule has 1 aliphatic rings. The molecular formula is C75H49N11. The summed E-state index contributed by atoms with van der Waals surface area (Å²) in [4.78, 5) is 52.1. The van der Waals surface area contributed by atoms with Crippen molar-refractivity contribution >= 4 is 34.4 Å². The monoisotopic (exact) mass is 1100 g/mol. The van der Waals surface area contributed by atoms with Gasteiger partial charge in [0, 0.05) is 44.5 Å². The lowest BCUT2D eigenvalue weighted by Gasteiger charge is -2.40. The Balaban J connectivity index is 1.04. The van der Waals surface area contributed by atoms with Crippen molar-refractivity contribution in [3.63, 3.8) is 0 Å². The molecule has 14 aromatic rings. The minimum Gasteiger partial charge on any atom is -0.306 e. The molecule has 11 nitrogen and oxygen atoms in total. The summed E-state index contributed by atoms with van der Waals surface area (Å²) in [6.45, 7) is 0. The van der Waals surface area contributed by atoms with Crippen molar-refractivity contribution in [3.8, 4) is 113 Å². The van der Waals surface area contributed by atoms with Crippen LogP contribution < -0.4 is 9.80 Å². The number of anilines is 6. The molecule has 4 heterocycles. The molecule has 0 spiro atoms. The largest absolute Gasteiger partial charge is 0.306 e. The van der Waals surface area contributed by atoms with Crippen LogP contribution in [0, 0.1) is 0 Å². The Morgan fingerprint density at radius 1 is 0.163 bits per heavy atom. The van der Waals surface area contributed by atoms with E-state index in [1.54, 1.807) is 0 Å². The molecule has 0 atom stereocenters. The second kappa shape index (κ2) is 22.4. The molecule has 1 aliphatic heterocycles. The van der Waals surface area contributed by atoms with Crippen molar-refractivity contribution in [3.05, 3.63) is 297 Å². The highest BCUT2D eigenvalue weighted by atomic mass is 15.3. The lowest BCUT2D eigenvalue weighted by atomic mass is 9.91. The molecule has 3 aromatic heterocycles. The van der Waals surface area contributed by atoms with Crippen LogP contribution in [0.3, 0.4) is 0 Å². The number of fused-ring (bicyclic) bond motifs is 2. The normalized spacial score (nSPS) is 11.7. The van der Waals surface area contributed by atoms with Crippen LogP contribution in [-0.2, 0) is 0 Å². The van der Waals surface area contributed by atoms with Gasteiger partial charge in [0.15, 0.2) is 46.6 Å². The van der Waals surface area contributed by atoms with Crippen molar-refractivity contribution in [2.45, 2.75) is 0 Å². The fraction of sp³-hybridized carbons (Fsp3) is 0. The number of nitrogens with zero attached hydrogens (tertiary/aromatic N) is 11. The third-order valence-corrected chi connectivity index (χ3v) is 15.2. The second-order valence-corrected chi connectivity index (χ2v) is 20.6. The highest BCUT2D eigenvalue weighted by molar-refractivity contribution is 6.06. The van der Waals surface area contributed by atoms with E-state index >= 15 is 0 Å². The van der Waals surface area contributed by atoms with Crippen molar-refractivity contribution in [1.29, 1.82) is 0 Å². The van der Waals surface area contributed by atoms with Crippen molar-refractivity contribution in [1.82, 2.24) is 44.9 Å². The lowest BCUT2D eigenvalue weighted by Crippen LogP contribution is -2.26. The molecule has 11 heteroatoms. The Morgan fingerprint density at radius 3 is 0.779 bits per heavy atom. The summed E-state index contributed by atoms with van der Waals surface area (Å²) in [7, 11) is 0. The van der Waals surface area contributed by atoms with E-state index in [0.29, 0.717) is 58.1 Å². The fourth-order valence-electron chi connectivity index (χ4n) is 11.0. The van der Waals surface area contributed by atoms with E-state index in [1.165, 1.54) is 0 Å². The maximum atomic E-state index is 5.45. The highest BCUT2D eigenvalue weighted by Crippen LogP contribution is 2.57. The first-order valence-corrected chi connectivity index (χ1v) is 28.4. The van der Waals surface area contributed by atoms with Gasteiger partial charge in [-0.15, -0.1) is 0 Å². The number of hydrogen-bond donors (Lipinski definition) is 0. The molecule has 0 bridgehead atoms. The predicted octanol–water partition coefficient (Wildman–Crippen LogP) is 18.2. The summed E-state index contributed by atoms with van der Waals surface area (Å²) in [5, 5.41) is 0. The molecule has 15 rings (SSSR count). The molecule has 0 saturated heterocycles. The Labute approximate surface area is 497 Å². The summed E-state index contributed by atoms with van der Waals surface area (Å²) < 4.78 is 0. The maximum absolute atomic E-state index is 5.45. The minimum absolute atomic E-state index is 0.443. The third kappa shape index (κ3) is 9.86. The zero-order chi connectivity index (χ0) is 57.2. The third-order valence-electron chi connectivity index (χ3n) is 15.2. The van der Waals surface area contributed by atoms with Crippen molar-refractivity contribution in [2.75, 3.05) is 9.80 Å². The van der Waals surface area contributed by atoms with E-state index in [-0.39, 0.29) is 0 Å². The number of para-hydroxylation sites is 2. The standard InChI is InChI=1S/C75H49N11/c1-9-27-50(28-10-1)59-48-65-66(49-60(59)51-29-11-2-12-30-51)86(75-83-71(56-39-21-7-22-40-56)80-72(84-75)57-41-23-8-24-42-57)64-44-26-25-43-63(64)85(65)62-46-45-58(73-78-67(52-31-13-3-14-32-52)76-68(79-73)53-33-15-4-16-34-53)47-61(62)74-81-69(54-35-17-5-18-36-54)77-70(82-74)55-37-19-6-20-38-55/h1-49H. The van der Waals surface area contributed by atoms with Gasteiger partial charge in [-0.3, -0.25) is 4.90 Å². The van der Waals surface area contributed by atoms with Crippen LogP contribution >= 0.6 is 0 Å². The molecule has 0 N–H and O–H groups in total. The molecule has 0 radical (unpaired) electrons. The smallest absolute Gasteiger partial charge is 0.238 e. The first-order valence-electron chi connectivity index (χ1n) is 28.4. The van der Waals surface area contributed by atoms with E-state index in [1.807, 2.05) is 182 Å². The highest BCUT2D eigenvalue weighted by Gasteiger charge is 2.36. The van der Waals surface area contributed by atoms with Crippen LogP contribution in [0.1, 0.15) is 0 Å². The topological polar surface area (TPSA) is 122 Å². The van der Waals surface area contributed by atoms with E-state index in [4.69, 9.17) is 44.9 Å². The summed E-state index contributed by atoms with van der Waals surface area (Å²) in [6, 6.07) is 101. The molecular weight excluding hydrogens is 1050 g/mol. The summed E-state index contributed by atoms with van der Waals surface area (Å²) in [5.74, 6) is 4.59. The van der Waals surface area contributed by atoms with Gasteiger partial charge >= 0.3 is 0 Å². The van der Waals surface area contributed by atoms with E-state index < -0.39 is 0 Å². The molecule has 11 aromatic carbocycles.